The van der Waals surface area contributed by atoms with Gasteiger partial charge in [0.1, 0.15) is 0 Å². The second kappa shape index (κ2) is 4.27. The molecule has 0 aliphatic carbocycles. The fourth-order valence-corrected chi connectivity index (χ4v) is 1.26. The van der Waals surface area contributed by atoms with Gasteiger partial charge in [-0.1, -0.05) is 25.1 Å². The van der Waals surface area contributed by atoms with Crippen LogP contribution in [0.2, 0.25) is 0 Å². The molecular weight excluding hydrogens is 148 g/mol. The van der Waals surface area contributed by atoms with Crippen LogP contribution in [0.15, 0.2) is 18.2 Å². The third-order valence-electron chi connectivity index (χ3n) is 2.12. The van der Waals surface area contributed by atoms with Crippen LogP contribution in [0.3, 0.4) is 0 Å². The number of benzene rings is 1. The van der Waals surface area contributed by atoms with Gasteiger partial charge in [-0.15, -0.1) is 0 Å². The van der Waals surface area contributed by atoms with Crippen molar-refractivity contribution < 1.29 is 4.74 Å². The first-order chi connectivity index (χ1) is 5.77. The molecule has 1 rings (SSSR count). The van der Waals surface area contributed by atoms with E-state index in [1.807, 2.05) is 0 Å². The first-order valence-corrected chi connectivity index (χ1v) is 4.35. The molecule has 0 aromatic heterocycles. The van der Waals surface area contributed by atoms with Gasteiger partial charge in [0.2, 0.25) is 0 Å². The minimum absolute atomic E-state index is 0.722. The molecule has 0 aliphatic heterocycles. The van der Waals surface area contributed by atoms with E-state index in [4.69, 9.17) is 4.74 Å². The first kappa shape index (κ1) is 9.27. The van der Waals surface area contributed by atoms with Crippen LogP contribution in [0.5, 0.6) is 0 Å². The Kier molecular flexibility index (Phi) is 3.30. The molecule has 1 aromatic rings. The average molecular weight is 164 g/mol. The van der Waals surface area contributed by atoms with Gasteiger partial charge in [-0.2, -0.15) is 0 Å². The highest BCUT2D eigenvalue weighted by molar-refractivity contribution is 5.30. The second-order valence-corrected chi connectivity index (χ2v) is 3.05. The summed E-state index contributed by atoms with van der Waals surface area (Å²) in [7, 11) is 1.73. The number of hydrogen-bond acceptors (Lipinski definition) is 1. The molecule has 0 atom stereocenters. The summed E-state index contributed by atoms with van der Waals surface area (Å²) in [6, 6.07) is 6.56. The molecule has 66 valence electrons. The Morgan fingerprint density at radius 1 is 1.33 bits per heavy atom. The molecule has 12 heavy (non-hydrogen) atoms. The summed E-state index contributed by atoms with van der Waals surface area (Å²) < 4.78 is 5.11. The van der Waals surface area contributed by atoms with E-state index in [-0.39, 0.29) is 0 Å². The fraction of sp³-hybridized carbons (Fsp3) is 0.455. The highest BCUT2D eigenvalue weighted by Gasteiger charge is 1.98. The van der Waals surface area contributed by atoms with Gasteiger partial charge in [-0.05, 0) is 30.0 Å². The minimum Gasteiger partial charge on any atom is -0.380 e. The topological polar surface area (TPSA) is 9.23 Å². The monoisotopic (exact) mass is 164 g/mol. The predicted octanol–water partition coefficient (Wildman–Crippen LogP) is 2.70. The lowest BCUT2D eigenvalue weighted by Crippen LogP contribution is -1.93. The van der Waals surface area contributed by atoms with Crippen molar-refractivity contribution in [1.29, 1.82) is 0 Å². The first-order valence-electron chi connectivity index (χ1n) is 4.35. The Morgan fingerprint density at radius 2 is 2.08 bits per heavy atom. The Morgan fingerprint density at radius 3 is 2.67 bits per heavy atom. The van der Waals surface area contributed by atoms with Crippen molar-refractivity contribution in [3.8, 4) is 0 Å². The molecule has 0 radical (unpaired) electrons. The lowest BCUT2D eigenvalue weighted by atomic mass is 10.0. The van der Waals surface area contributed by atoms with Gasteiger partial charge in [-0.3, -0.25) is 0 Å². The zero-order valence-corrected chi connectivity index (χ0v) is 8.05. The highest BCUT2D eigenvalue weighted by atomic mass is 16.5. The van der Waals surface area contributed by atoms with E-state index in [0.717, 1.165) is 13.0 Å². The van der Waals surface area contributed by atoms with Gasteiger partial charge in [0.15, 0.2) is 0 Å². The average Bonchev–Trinajstić information content (AvgIpc) is 2.09. The Labute approximate surface area is 74.4 Å². The molecule has 0 heterocycles. The summed E-state index contributed by atoms with van der Waals surface area (Å²) in [6.07, 6.45) is 1.09. The van der Waals surface area contributed by atoms with E-state index in [0.29, 0.717) is 0 Å². The molecule has 0 saturated carbocycles. The quantitative estimate of drug-likeness (QED) is 0.667. The van der Waals surface area contributed by atoms with Crippen molar-refractivity contribution >= 4 is 0 Å². The molecular formula is C11H16O. The predicted molar refractivity (Wildman–Crippen MR) is 51.3 cm³/mol. The molecule has 0 fully saturated rings. The van der Waals surface area contributed by atoms with Gasteiger partial charge in [0.05, 0.1) is 6.61 Å². The van der Waals surface area contributed by atoms with E-state index in [1.54, 1.807) is 7.11 Å². The Balaban J connectivity index is 2.91. The molecule has 0 saturated heterocycles. The van der Waals surface area contributed by atoms with Crippen molar-refractivity contribution in [2.75, 3.05) is 7.11 Å². The second-order valence-electron chi connectivity index (χ2n) is 3.05. The molecule has 1 nitrogen and oxygen atoms in total. The van der Waals surface area contributed by atoms with Gasteiger partial charge in [-0.25, -0.2) is 0 Å². The van der Waals surface area contributed by atoms with Crippen molar-refractivity contribution in [2.45, 2.75) is 26.9 Å². The van der Waals surface area contributed by atoms with Crippen molar-refractivity contribution in [2.24, 2.45) is 0 Å². The largest absolute Gasteiger partial charge is 0.380 e. The zero-order chi connectivity index (χ0) is 8.97. The normalized spacial score (nSPS) is 10.2. The summed E-state index contributed by atoms with van der Waals surface area (Å²) in [5.74, 6) is 0. The highest BCUT2D eigenvalue weighted by Crippen LogP contribution is 2.12. The molecule has 1 aromatic carbocycles. The minimum atomic E-state index is 0.722. The van der Waals surface area contributed by atoms with E-state index in [2.05, 4.69) is 32.0 Å². The summed E-state index contributed by atoms with van der Waals surface area (Å²) in [6.45, 7) is 5.01. The van der Waals surface area contributed by atoms with Crippen LogP contribution in [0.1, 0.15) is 23.6 Å². The standard InChI is InChI=1S/C11H16O/c1-4-10-6-5-9(2)11(7-10)8-12-3/h5-7H,4,8H2,1-3H3. The fourth-order valence-electron chi connectivity index (χ4n) is 1.26. The van der Waals surface area contributed by atoms with Crippen molar-refractivity contribution in [3.63, 3.8) is 0 Å². The number of rotatable bonds is 3. The maximum atomic E-state index is 5.11. The van der Waals surface area contributed by atoms with E-state index in [1.165, 1.54) is 16.7 Å². The van der Waals surface area contributed by atoms with Crippen molar-refractivity contribution in [1.82, 2.24) is 0 Å². The lowest BCUT2D eigenvalue weighted by Gasteiger charge is -2.06. The van der Waals surface area contributed by atoms with E-state index >= 15 is 0 Å². The molecule has 1 heteroatoms. The molecule has 0 spiro atoms. The third-order valence-corrected chi connectivity index (χ3v) is 2.12. The number of hydrogen-bond donors (Lipinski definition) is 0. The van der Waals surface area contributed by atoms with Gasteiger partial charge in [0, 0.05) is 7.11 Å². The molecule has 0 bridgehead atoms. The van der Waals surface area contributed by atoms with Crippen LogP contribution in [0.4, 0.5) is 0 Å². The summed E-state index contributed by atoms with van der Waals surface area (Å²) >= 11 is 0. The molecule has 0 unspecified atom stereocenters. The van der Waals surface area contributed by atoms with Crippen LogP contribution in [0, 0.1) is 6.92 Å². The van der Waals surface area contributed by atoms with Crippen LogP contribution < -0.4 is 0 Å². The van der Waals surface area contributed by atoms with E-state index < -0.39 is 0 Å². The van der Waals surface area contributed by atoms with Crippen LogP contribution in [-0.4, -0.2) is 7.11 Å². The lowest BCUT2D eigenvalue weighted by molar-refractivity contribution is 0.184. The SMILES string of the molecule is CCc1ccc(C)c(COC)c1. The van der Waals surface area contributed by atoms with E-state index in [9.17, 15) is 0 Å². The van der Waals surface area contributed by atoms with Gasteiger partial charge >= 0.3 is 0 Å². The Bertz CT molecular complexity index is 253. The maximum Gasteiger partial charge on any atom is 0.0715 e. The molecule has 0 amide bonds. The number of aryl methyl sites for hydroxylation is 2. The van der Waals surface area contributed by atoms with Crippen LogP contribution in [-0.2, 0) is 17.8 Å². The molecule has 0 aliphatic rings. The third kappa shape index (κ3) is 2.08. The Hall–Kier alpha value is -0.820. The summed E-state index contributed by atoms with van der Waals surface area (Å²) in [5, 5.41) is 0. The van der Waals surface area contributed by atoms with Crippen LogP contribution >= 0.6 is 0 Å². The number of ether oxygens (including phenoxy) is 1. The molecule has 0 N–H and O–H groups in total. The summed E-state index contributed by atoms with van der Waals surface area (Å²) in [5.41, 5.74) is 4.00. The summed E-state index contributed by atoms with van der Waals surface area (Å²) in [4.78, 5) is 0. The van der Waals surface area contributed by atoms with Crippen molar-refractivity contribution in [3.05, 3.63) is 34.9 Å². The van der Waals surface area contributed by atoms with Gasteiger partial charge < -0.3 is 4.74 Å². The smallest absolute Gasteiger partial charge is 0.0715 e. The van der Waals surface area contributed by atoms with Crippen LogP contribution in [0.25, 0.3) is 0 Å². The van der Waals surface area contributed by atoms with Gasteiger partial charge in [0.25, 0.3) is 0 Å². The number of methoxy groups -OCH3 is 1. The zero-order valence-electron chi connectivity index (χ0n) is 8.05. The maximum absolute atomic E-state index is 5.11.